The highest BCUT2D eigenvalue weighted by Gasteiger charge is 2.12. The highest BCUT2D eigenvalue weighted by atomic mass is 16.5. The Morgan fingerprint density at radius 2 is 2.00 bits per heavy atom. The summed E-state index contributed by atoms with van der Waals surface area (Å²) in [4.78, 5) is 11.6. The number of hydrogen-bond acceptors (Lipinski definition) is 3. The number of ether oxygens (including phenoxy) is 1. The fourth-order valence-corrected chi connectivity index (χ4v) is 1.87. The monoisotopic (exact) mass is 224 g/mol. The summed E-state index contributed by atoms with van der Waals surface area (Å²) in [6.07, 6.45) is 6.42. The van der Waals surface area contributed by atoms with Gasteiger partial charge in [-0.1, -0.05) is 12.1 Å². The minimum Gasteiger partial charge on any atom is -0.494 e. The summed E-state index contributed by atoms with van der Waals surface area (Å²) in [5, 5.41) is 0.959. The molecule has 0 fully saturated rings. The lowest BCUT2D eigenvalue weighted by atomic mass is 10.1. The maximum Gasteiger partial charge on any atom is 0.159 e. The van der Waals surface area contributed by atoms with Gasteiger partial charge < -0.3 is 9.72 Å². The molecule has 4 heteroatoms. The third-order valence-electron chi connectivity index (χ3n) is 2.61. The number of methoxy groups -OCH3 is 1. The molecule has 0 saturated heterocycles. The van der Waals surface area contributed by atoms with Crippen LogP contribution in [0.2, 0.25) is 0 Å². The van der Waals surface area contributed by atoms with Crippen LogP contribution in [0.15, 0.2) is 36.7 Å². The van der Waals surface area contributed by atoms with Gasteiger partial charge in [-0.25, -0.2) is 9.97 Å². The minimum absolute atomic E-state index is 0.683. The van der Waals surface area contributed by atoms with E-state index in [0.29, 0.717) is 11.6 Å². The molecule has 0 amide bonds. The van der Waals surface area contributed by atoms with Gasteiger partial charge in [-0.15, -0.1) is 0 Å². The molecular formula is C13H10N3O. The lowest BCUT2D eigenvalue weighted by molar-refractivity contribution is 0.419. The molecule has 2 heterocycles. The Morgan fingerprint density at radius 3 is 2.76 bits per heavy atom. The first kappa shape index (κ1) is 9.84. The summed E-state index contributed by atoms with van der Waals surface area (Å²) < 4.78 is 5.29. The van der Waals surface area contributed by atoms with Crippen LogP contribution < -0.4 is 4.74 Å². The zero-order valence-corrected chi connectivity index (χ0v) is 9.27. The number of hydrogen-bond donors (Lipinski definition) is 1. The van der Waals surface area contributed by atoms with Crippen molar-refractivity contribution >= 4 is 10.9 Å². The van der Waals surface area contributed by atoms with E-state index in [1.807, 2.05) is 18.2 Å². The fourth-order valence-electron chi connectivity index (χ4n) is 1.87. The Hall–Kier alpha value is -2.36. The zero-order chi connectivity index (χ0) is 11.7. The first-order chi connectivity index (χ1) is 8.40. The molecule has 2 aromatic heterocycles. The number of nitrogens with one attached hydrogen (secondary N) is 1. The molecule has 0 aliphatic heterocycles. The van der Waals surface area contributed by atoms with Gasteiger partial charge in [-0.2, -0.15) is 0 Å². The molecule has 1 N–H and O–H groups in total. The molecule has 0 bridgehead atoms. The van der Waals surface area contributed by atoms with Crippen molar-refractivity contribution in [1.29, 1.82) is 0 Å². The van der Waals surface area contributed by atoms with Crippen molar-refractivity contribution in [3.05, 3.63) is 42.9 Å². The molecule has 3 aromatic rings. The molecule has 1 radical (unpaired) electrons. The number of rotatable bonds is 2. The van der Waals surface area contributed by atoms with E-state index in [9.17, 15) is 0 Å². The number of aromatic nitrogens is 3. The summed E-state index contributed by atoms with van der Waals surface area (Å²) in [5.41, 5.74) is 1.91. The van der Waals surface area contributed by atoms with Gasteiger partial charge in [0.15, 0.2) is 11.6 Å². The number of fused-ring (bicyclic) bond motifs is 1. The molecular weight excluding hydrogens is 214 g/mol. The average molecular weight is 224 g/mol. The predicted molar refractivity (Wildman–Crippen MR) is 64.7 cm³/mol. The second kappa shape index (κ2) is 3.90. The van der Waals surface area contributed by atoms with Crippen LogP contribution in [0.25, 0.3) is 22.3 Å². The van der Waals surface area contributed by atoms with Gasteiger partial charge in [0.25, 0.3) is 0 Å². The predicted octanol–water partition coefficient (Wildman–Crippen LogP) is 2.43. The largest absolute Gasteiger partial charge is 0.494 e. The van der Waals surface area contributed by atoms with Gasteiger partial charge in [-0.3, -0.25) is 0 Å². The first-order valence-electron chi connectivity index (χ1n) is 5.24. The smallest absolute Gasteiger partial charge is 0.159 e. The quantitative estimate of drug-likeness (QED) is 0.727. The van der Waals surface area contributed by atoms with Crippen LogP contribution in [0.4, 0.5) is 0 Å². The Morgan fingerprint density at radius 1 is 1.18 bits per heavy atom. The first-order valence-corrected chi connectivity index (χ1v) is 5.24. The minimum atomic E-state index is 0.683. The molecule has 0 saturated carbocycles. The van der Waals surface area contributed by atoms with Crippen molar-refractivity contribution in [3.8, 4) is 17.1 Å². The van der Waals surface area contributed by atoms with Gasteiger partial charge in [0.1, 0.15) is 6.20 Å². The molecule has 1 aromatic carbocycles. The number of nitrogens with zero attached hydrogens (tertiary/aromatic N) is 2. The van der Waals surface area contributed by atoms with Gasteiger partial charge in [-0.05, 0) is 12.1 Å². The second-order valence-corrected chi connectivity index (χ2v) is 3.58. The van der Waals surface area contributed by atoms with E-state index >= 15 is 0 Å². The van der Waals surface area contributed by atoms with Crippen molar-refractivity contribution < 1.29 is 4.74 Å². The van der Waals surface area contributed by atoms with E-state index in [-0.39, 0.29) is 0 Å². The van der Waals surface area contributed by atoms with Crippen LogP contribution in [0.3, 0.4) is 0 Å². The summed E-state index contributed by atoms with van der Waals surface area (Å²) in [6, 6.07) is 7.70. The summed E-state index contributed by atoms with van der Waals surface area (Å²) in [6.45, 7) is 0. The van der Waals surface area contributed by atoms with E-state index in [4.69, 9.17) is 4.74 Å². The van der Waals surface area contributed by atoms with Crippen LogP contribution in [0.5, 0.6) is 5.75 Å². The molecule has 0 aliphatic carbocycles. The maximum absolute atomic E-state index is 5.29. The molecule has 0 aliphatic rings. The van der Waals surface area contributed by atoms with Gasteiger partial charge in [0.05, 0.1) is 18.0 Å². The molecule has 17 heavy (non-hydrogen) atoms. The number of H-pyrrole nitrogens is 1. The van der Waals surface area contributed by atoms with E-state index in [1.54, 1.807) is 25.6 Å². The molecule has 3 rings (SSSR count). The molecule has 0 spiro atoms. The average Bonchev–Trinajstić information content (AvgIpc) is 2.82. The van der Waals surface area contributed by atoms with E-state index in [2.05, 4.69) is 21.1 Å². The van der Waals surface area contributed by atoms with Crippen molar-refractivity contribution in [2.45, 2.75) is 0 Å². The van der Waals surface area contributed by atoms with E-state index in [0.717, 1.165) is 16.5 Å². The summed E-state index contributed by atoms with van der Waals surface area (Å²) in [5.74, 6) is 1.37. The van der Waals surface area contributed by atoms with Crippen molar-refractivity contribution in [2.75, 3.05) is 7.11 Å². The van der Waals surface area contributed by atoms with Crippen LogP contribution in [0, 0.1) is 6.20 Å². The Balaban J connectivity index is 2.33. The van der Waals surface area contributed by atoms with Gasteiger partial charge in [0.2, 0.25) is 0 Å². The van der Waals surface area contributed by atoms with Crippen LogP contribution in [0.1, 0.15) is 0 Å². The zero-order valence-electron chi connectivity index (χ0n) is 9.27. The molecule has 83 valence electrons. The molecule has 0 unspecified atom stereocenters. The Bertz CT molecular complexity index is 646. The number of benzene rings is 1. The van der Waals surface area contributed by atoms with Crippen molar-refractivity contribution in [1.82, 2.24) is 15.0 Å². The lowest BCUT2D eigenvalue weighted by Gasteiger charge is -2.03. The maximum atomic E-state index is 5.29. The lowest BCUT2D eigenvalue weighted by Crippen LogP contribution is -1.88. The third-order valence-corrected chi connectivity index (χ3v) is 2.61. The summed E-state index contributed by atoms with van der Waals surface area (Å²) >= 11 is 0. The van der Waals surface area contributed by atoms with Crippen LogP contribution >= 0.6 is 0 Å². The normalized spacial score (nSPS) is 10.6. The third kappa shape index (κ3) is 1.54. The summed E-state index contributed by atoms with van der Waals surface area (Å²) in [7, 11) is 1.63. The van der Waals surface area contributed by atoms with Gasteiger partial charge >= 0.3 is 0 Å². The fraction of sp³-hybridized carbons (Fsp3) is 0.0769. The topological polar surface area (TPSA) is 50.8 Å². The Kier molecular flexibility index (Phi) is 2.26. The number of aromatic amines is 1. The van der Waals surface area contributed by atoms with Crippen LogP contribution in [-0.4, -0.2) is 22.1 Å². The highest BCUT2D eigenvalue weighted by Crippen LogP contribution is 2.32. The van der Waals surface area contributed by atoms with Crippen LogP contribution in [-0.2, 0) is 0 Å². The molecule has 4 nitrogen and oxygen atoms in total. The second-order valence-electron chi connectivity index (χ2n) is 3.58. The Labute approximate surface area is 98.3 Å². The van der Waals surface area contributed by atoms with Crippen molar-refractivity contribution in [2.24, 2.45) is 0 Å². The van der Waals surface area contributed by atoms with Crippen molar-refractivity contribution in [3.63, 3.8) is 0 Å². The standard InChI is InChI=1S/C13H10N3O/c1-17-11-8-16-10-5-2-4-9(12(10)11)13-14-6-3-7-15-13/h2-7,16H,1H3. The van der Waals surface area contributed by atoms with E-state index in [1.165, 1.54) is 0 Å². The molecule has 0 atom stereocenters. The highest BCUT2D eigenvalue weighted by molar-refractivity contribution is 5.98. The van der Waals surface area contributed by atoms with E-state index < -0.39 is 0 Å². The van der Waals surface area contributed by atoms with Gasteiger partial charge in [0, 0.05) is 18.0 Å². The SMILES string of the molecule is COc1[c][nH]c2cccc(-c3ncccn3)c12.